The largest absolute Gasteiger partial charge is 0.493 e. The molecular weight excluding hydrogens is 386 g/mol. The molecule has 4 rings (SSSR count). The fraction of sp³-hybridized carbons (Fsp3) is 0.545. The highest BCUT2D eigenvalue weighted by atomic mass is 32.1. The molecule has 0 spiro atoms. The third kappa shape index (κ3) is 5.08. The van der Waals surface area contributed by atoms with E-state index in [-0.39, 0.29) is 5.91 Å². The van der Waals surface area contributed by atoms with E-state index in [0.29, 0.717) is 18.6 Å². The lowest BCUT2D eigenvalue weighted by Crippen LogP contribution is -2.44. The second-order valence-electron chi connectivity index (χ2n) is 7.78. The normalized spacial score (nSPS) is 17.9. The number of nitrogens with zero attached hydrogens (tertiary/aromatic N) is 2. The number of thiazole rings is 1. The van der Waals surface area contributed by atoms with Gasteiger partial charge < -0.3 is 14.8 Å². The average molecular weight is 416 g/mol. The summed E-state index contributed by atoms with van der Waals surface area (Å²) in [6.45, 7) is 5.43. The molecule has 0 bridgehead atoms. The fourth-order valence-electron chi connectivity index (χ4n) is 3.72. The first-order chi connectivity index (χ1) is 14.2. The molecule has 1 aliphatic carbocycles. The zero-order valence-corrected chi connectivity index (χ0v) is 18.0. The summed E-state index contributed by atoms with van der Waals surface area (Å²) in [6.07, 6.45) is 4.17. The van der Waals surface area contributed by atoms with Crippen LogP contribution in [0.1, 0.15) is 38.3 Å². The summed E-state index contributed by atoms with van der Waals surface area (Å²) in [5, 5.41) is 6.35. The Bertz CT molecular complexity index is 842. The van der Waals surface area contributed by atoms with Crippen LogP contribution in [0.3, 0.4) is 0 Å². The van der Waals surface area contributed by atoms with Gasteiger partial charge in [-0.05, 0) is 50.8 Å². The van der Waals surface area contributed by atoms with Gasteiger partial charge in [0, 0.05) is 42.5 Å². The summed E-state index contributed by atoms with van der Waals surface area (Å²) in [6, 6.07) is 6.30. The number of ether oxygens (including phenoxy) is 2. The Morgan fingerprint density at radius 2 is 2.03 bits per heavy atom. The van der Waals surface area contributed by atoms with E-state index in [1.54, 1.807) is 18.4 Å². The van der Waals surface area contributed by atoms with Crippen molar-refractivity contribution in [2.75, 3.05) is 26.8 Å². The highest BCUT2D eigenvalue weighted by Gasteiger charge is 2.31. The van der Waals surface area contributed by atoms with Gasteiger partial charge >= 0.3 is 0 Å². The minimum atomic E-state index is 0.262. The second-order valence-corrected chi connectivity index (χ2v) is 8.63. The van der Waals surface area contributed by atoms with E-state index >= 15 is 0 Å². The molecule has 7 heteroatoms. The smallest absolute Gasteiger partial charge is 0.223 e. The van der Waals surface area contributed by atoms with E-state index in [2.05, 4.69) is 15.6 Å². The molecule has 6 nitrogen and oxygen atoms in total. The molecule has 1 N–H and O–H groups in total. The maximum atomic E-state index is 11.9. The van der Waals surface area contributed by atoms with Gasteiger partial charge in [0.1, 0.15) is 5.01 Å². The Morgan fingerprint density at radius 3 is 2.72 bits per heavy atom. The molecule has 1 aliphatic heterocycles. The summed E-state index contributed by atoms with van der Waals surface area (Å²) in [4.78, 5) is 19.2. The Labute approximate surface area is 176 Å². The maximum absolute atomic E-state index is 11.9. The van der Waals surface area contributed by atoms with Crippen molar-refractivity contribution in [3.63, 3.8) is 0 Å². The summed E-state index contributed by atoms with van der Waals surface area (Å²) in [7, 11) is 1.66. The van der Waals surface area contributed by atoms with Crippen molar-refractivity contribution in [1.29, 1.82) is 0 Å². The van der Waals surface area contributed by atoms with Gasteiger partial charge in [-0.3, -0.25) is 9.69 Å². The van der Waals surface area contributed by atoms with Gasteiger partial charge in [-0.25, -0.2) is 4.98 Å². The van der Waals surface area contributed by atoms with Crippen molar-refractivity contribution in [3.8, 4) is 22.1 Å². The van der Waals surface area contributed by atoms with Gasteiger partial charge in [0.2, 0.25) is 5.91 Å². The Morgan fingerprint density at radius 1 is 1.24 bits per heavy atom. The van der Waals surface area contributed by atoms with Gasteiger partial charge in [-0.2, -0.15) is 0 Å². The Kier molecular flexibility index (Phi) is 6.35. The van der Waals surface area contributed by atoms with Crippen LogP contribution in [0.5, 0.6) is 11.5 Å². The van der Waals surface area contributed by atoms with E-state index < -0.39 is 0 Å². The first-order valence-corrected chi connectivity index (χ1v) is 11.3. The number of methoxy groups -OCH3 is 1. The van der Waals surface area contributed by atoms with Crippen molar-refractivity contribution in [2.45, 2.75) is 45.2 Å². The van der Waals surface area contributed by atoms with Crippen LogP contribution in [0.15, 0.2) is 23.6 Å². The number of hydrogen-bond donors (Lipinski definition) is 1. The Balaban J connectivity index is 1.32. The summed E-state index contributed by atoms with van der Waals surface area (Å²) in [5.74, 6) is 2.05. The monoisotopic (exact) mass is 415 g/mol. The summed E-state index contributed by atoms with van der Waals surface area (Å²) >= 11 is 1.66. The molecule has 29 heavy (non-hydrogen) atoms. The lowest BCUT2D eigenvalue weighted by Gasteiger charge is -2.31. The third-order valence-electron chi connectivity index (χ3n) is 5.53. The van der Waals surface area contributed by atoms with Crippen LogP contribution in [0, 0.1) is 5.92 Å². The molecule has 2 fully saturated rings. The molecule has 1 aromatic heterocycles. The summed E-state index contributed by atoms with van der Waals surface area (Å²) in [5.41, 5.74) is 2.14. The predicted octanol–water partition coefficient (Wildman–Crippen LogP) is 3.71. The van der Waals surface area contributed by atoms with Gasteiger partial charge in [-0.1, -0.05) is 0 Å². The van der Waals surface area contributed by atoms with Crippen molar-refractivity contribution in [1.82, 2.24) is 15.2 Å². The van der Waals surface area contributed by atoms with Gasteiger partial charge in [-0.15, -0.1) is 11.3 Å². The van der Waals surface area contributed by atoms with Crippen LogP contribution in [-0.2, 0) is 11.3 Å². The number of piperidine rings is 1. The van der Waals surface area contributed by atoms with Crippen LogP contribution in [0.25, 0.3) is 10.6 Å². The zero-order chi connectivity index (χ0) is 20.2. The first-order valence-electron chi connectivity index (χ1n) is 10.4. The molecule has 0 radical (unpaired) electrons. The number of likely N-dealkylation sites (tertiary alicyclic amines) is 1. The SMILES string of the molecule is CCOc1ccc(-c2nc(CN3CCC(NC(=O)C4CC4)CC3)cs2)cc1OC. The van der Waals surface area contributed by atoms with Crippen LogP contribution in [0.4, 0.5) is 0 Å². The molecule has 156 valence electrons. The molecule has 2 heterocycles. The lowest BCUT2D eigenvalue weighted by molar-refractivity contribution is -0.123. The zero-order valence-electron chi connectivity index (χ0n) is 17.1. The molecule has 1 aromatic carbocycles. The number of carbonyl (C=O) groups is 1. The van der Waals surface area contributed by atoms with E-state index in [9.17, 15) is 4.79 Å². The highest BCUT2D eigenvalue weighted by molar-refractivity contribution is 7.13. The standard InChI is InChI=1S/C22H29N3O3S/c1-3-28-19-7-6-16(12-20(19)27-2)22-24-18(14-29-22)13-25-10-8-17(9-11-25)23-21(26)15-4-5-15/h6-7,12,14-15,17H,3-5,8-11,13H2,1-2H3,(H,23,26). The van der Waals surface area contributed by atoms with E-state index in [1.165, 1.54) is 0 Å². The molecule has 1 saturated carbocycles. The number of amides is 1. The number of benzene rings is 1. The third-order valence-corrected chi connectivity index (χ3v) is 6.47. The minimum absolute atomic E-state index is 0.262. The first kappa shape index (κ1) is 20.2. The van der Waals surface area contributed by atoms with E-state index in [4.69, 9.17) is 14.5 Å². The van der Waals surface area contributed by atoms with Crippen molar-refractivity contribution < 1.29 is 14.3 Å². The van der Waals surface area contributed by atoms with Crippen LogP contribution < -0.4 is 14.8 Å². The van der Waals surface area contributed by atoms with Crippen LogP contribution >= 0.6 is 11.3 Å². The lowest BCUT2D eigenvalue weighted by atomic mass is 10.0. The number of hydrogen-bond acceptors (Lipinski definition) is 6. The summed E-state index contributed by atoms with van der Waals surface area (Å²) < 4.78 is 11.1. The van der Waals surface area contributed by atoms with Gasteiger partial charge in [0.25, 0.3) is 0 Å². The minimum Gasteiger partial charge on any atom is -0.493 e. The molecule has 2 aromatic rings. The van der Waals surface area contributed by atoms with E-state index in [1.807, 2.05) is 25.1 Å². The quantitative estimate of drug-likeness (QED) is 0.712. The number of aromatic nitrogens is 1. The number of nitrogens with one attached hydrogen (secondary N) is 1. The highest BCUT2D eigenvalue weighted by Crippen LogP contribution is 2.34. The molecule has 1 amide bonds. The number of rotatable bonds is 8. The molecule has 0 unspecified atom stereocenters. The van der Waals surface area contributed by atoms with Crippen molar-refractivity contribution >= 4 is 17.2 Å². The molecular formula is C22H29N3O3S. The topological polar surface area (TPSA) is 63.7 Å². The van der Waals surface area contributed by atoms with Crippen molar-refractivity contribution in [2.24, 2.45) is 5.92 Å². The maximum Gasteiger partial charge on any atom is 0.223 e. The van der Waals surface area contributed by atoms with Gasteiger partial charge in [0.15, 0.2) is 11.5 Å². The van der Waals surface area contributed by atoms with Gasteiger partial charge in [0.05, 0.1) is 19.4 Å². The Hall–Kier alpha value is -2.12. The molecule has 0 atom stereocenters. The van der Waals surface area contributed by atoms with Crippen LogP contribution in [0.2, 0.25) is 0 Å². The van der Waals surface area contributed by atoms with E-state index in [0.717, 1.165) is 73.1 Å². The van der Waals surface area contributed by atoms with Crippen LogP contribution in [-0.4, -0.2) is 48.6 Å². The molecule has 2 aliphatic rings. The number of carbonyl (C=O) groups excluding carboxylic acids is 1. The second kappa shape index (κ2) is 9.13. The van der Waals surface area contributed by atoms with Crippen molar-refractivity contribution in [3.05, 3.63) is 29.3 Å². The fourth-order valence-corrected chi connectivity index (χ4v) is 4.52. The average Bonchev–Trinajstić information content (AvgIpc) is 3.49. The predicted molar refractivity (Wildman–Crippen MR) is 114 cm³/mol. The molecule has 1 saturated heterocycles.